The lowest BCUT2D eigenvalue weighted by atomic mass is 10.1. The van der Waals surface area contributed by atoms with Gasteiger partial charge in [-0.25, -0.2) is 0 Å². The largest absolute Gasteiger partial charge is 0.497 e. The Hall–Kier alpha value is -2.64. The maximum atomic E-state index is 12.7. The van der Waals surface area contributed by atoms with Crippen LogP contribution in [0.1, 0.15) is 34.9 Å². The van der Waals surface area contributed by atoms with Gasteiger partial charge in [-0.3, -0.25) is 9.69 Å². The Labute approximate surface area is 184 Å². The van der Waals surface area contributed by atoms with Gasteiger partial charge >= 0.3 is 0 Å². The first-order valence-electron chi connectivity index (χ1n) is 10.0. The van der Waals surface area contributed by atoms with Crippen molar-refractivity contribution in [3.05, 3.63) is 70.3 Å². The van der Waals surface area contributed by atoms with Gasteiger partial charge in [0.2, 0.25) is 0 Å². The molecule has 0 bridgehead atoms. The molecule has 1 atom stereocenters. The van der Waals surface area contributed by atoms with Crippen LogP contribution in [0.15, 0.2) is 63.6 Å². The molecule has 7 heteroatoms. The molecule has 1 amide bonds. The summed E-state index contributed by atoms with van der Waals surface area (Å²) in [7, 11) is 1.66. The standard InChI is InChI=1S/C23H24BrN3O3/c1-29-19-10-6-16(7-11-19)21(27-12-2-3-13-27)15-25-23(28)20-14-22(30-26-20)17-4-8-18(24)9-5-17/h4-11,14,21H,2-3,12-13,15H2,1H3,(H,25,28)/t21-/m0/s1. The minimum atomic E-state index is -0.236. The molecular weight excluding hydrogens is 446 g/mol. The Kier molecular flexibility index (Phi) is 6.50. The number of amides is 1. The number of ether oxygens (including phenoxy) is 1. The van der Waals surface area contributed by atoms with E-state index in [0.29, 0.717) is 12.3 Å². The van der Waals surface area contributed by atoms with Gasteiger partial charge in [0.25, 0.3) is 5.91 Å². The van der Waals surface area contributed by atoms with Crippen LogP contribution in [0.4, 0.5) is 0 Å². The summed E-state index contributed by atoms with van der Waals surface area (Å²) in [6.45, 7) is 2.57. The Balaban J connectivity index is 1.45. The van der Waals surface area contributed by atoms with Crippen LogP contribution in [0.2, 0.25) is 0 Å². The van der Waals surface area contributed by atoms with E-state index in [1.165, 1.54) is 12.8 Å². The smallest absolute Gasteiger partial charge is 0.273 e. The minimum absolute atomic E-state index is 0.111. The highest BCUT2D eigenvalue weighted by Crippen LogP contribution is 2.27. The van der Waals surface area contributed by atoms with Gasteiger partial charge in [0.1, 0.15) is 5.75 Å². The molecule has 0 saturated carbocycles. The zero-order valence-corrected chi connectivity index (χ0v) is 18.4. The summed E-state index contributed by atoms with van der Waals surface area (Å²) in [5.74, 6) is 1.16. The molecule has 30 heavy (non-hydrogen) atoms. The third-order valence-electron chi connectivity index (χ3n) is 5.41. The molecule has 1 fully saturated rings. The monoisotopic (exact) mass is 469 g/mol. The predicted molar refractivity (Wildman–Crippen MR) is 119 cm³/mol. The van der Waals surface area contributed by atoms with Gasteiger partial charge in [-0.15, -0.1) is 0 Å². The molecule has 6 nitrogen and oxygen atoms in total. The summed E-state index contributed by atoms with van der Waals surface area (Å²) in [5.41, 5.74) is 2.31. The molecule has 2 heterocycles. The van der Waals surface area contributed by atoms with Crippen molar-refractivity contribution >= 4 is 21.8 Å². The summed E-state index contributed by atoms with van der Waals surface area (Å²) in [6.07, 6.45) is 2.36. The van der Waals surface area contributed by atoms with Crippen LogP contribution in [0.3, 0.4) is 0 Å². The van der Waals surface area contributed by atoms with Crippen molar-refractivity contribution in [3.63, 3.8) is 0 Å². The highest BCUT2D eigenvalue weighted by Gasteiger charge is 2.25. The van der Waals surface area contributed by atoms with Crippen LogP contribution in [0.5, 0.6) is 5.75 Å². The Bertz CT molecular complexity index is 980. The zero-order chi connectivity index (χ0) is 20.9. The van der Waals surface area contributed by atoms with Crippen molar-refractivity contribution in [1.82, 2.24) is 15.4 Å². The number of methoxy groups -OCH3 is 1. The van der Waals surface area contributed by atoms with Crippen LogP contribution in [-0.2, 0) is 0 Å². The Morgan fingerprint density at radius 1 is 1.17 bits per heavy atom. The number of likely N-dealkylation sites (tertiary alicyclic amines) is 1. The number of nitrogens with zero attached hydrogens (tertiary/aromatic N) is 2. The summed E-state index contributed by atoms with van der Waals surface area (Å²) in [5, 5.41) is 6.99. The van der Waals surface area contributed by atoms with E-state index in [1.54, 1.807) is 13.2 Å². The molecule has 4 rings (SSSR count). The van der Waals surface area contributed by atoms with E-state index in [1.807, 2.05) is 36.4 Å². The minimum Gasteiger partial charge on any atom is -0.497 e. The average molecular weight is 470 g/mol. The molecule has 0 unspecified atom stereocenters. The van der Waals surface area contributed by atoms with Gasteiger partial charge in [-0.2, -0.15) is 0 Å². The predicted octanol–water partition coefficient (Wildman–Crippen LogP) is 4.68. The van der Waals surface area contributed by atoms with E-state index in [-0.39, 0.29) is 17.6 Å². The first-order chi connectivity index (χ1) is 14.6. The van der Waals surface area contributed by atoms with Crippen molar-refractivity contribution in [1.29, 1.82) is 0 Å². The lowest BCUT2D eigenvalue weighted by Crippen LogP contribution is -2.36. The fourth-order valence-electron chi connectivity index (χ4n) is 3.75. The van der Waals surface area contributed by atoms with Gasteiger partial charge in [-0.1, -0.05) is 45.4 Å². The summed E-state index contributed by atoms with van der Waals surface area (Å²) in [6, 6.07) is 17.5. The molecule has 0 spiro atoms. The Morgan fingerprint density at radius 2 is 1.87 bits per heavy atom. The number of rotatable bonds is 7. The molecule has 3 aromatic rings. The topological polar surface area (TPSA) is 67.6 Å². The third-order valence-corrected chi connectivity index (χ3v) is 5.94. The van der Waals surface area contributed by atoms with Crippen LogP contribution >= 0.6 is 15.9 Å². The van der Waals surface area contributed by atoms with Crippen molar-refractivity contribution in [2.24, 2.45) is 0 Å². The van der Waals surface area contributed by atoms with Crippen LogP contribution in [0, 0.1) is 0 Å². The summed E-state index contributed by atoms with van der Waals surface area (Å²) in [4.78, 5) is 15.1. The fraction of sp³-hybridized carbons (Fsp3) is 0.304. The summed E-state index contributed by atoms with van der Waals surface area (Å²) < 4.78 is 11.6. The molecule has 1 aliphatic rings. The van der Waals surface area contributed by atoms with E-state index < -0.39 is 0 Å². The van der Waals surface area contributed by atoms with Gasteiger partial charge in [0.15, 0.2) is 11.5 Å². The van der Waals surface area contributed by atoms with E-state index >= 15 is 0 Å². The maximum Gasteiger partial charge on any atom is 0.273 e. The second kappa shape index (κ2) is 9.45. The molecule has 156 valence electrons. The first kappa shape index (κ1) is 20.6. The number of carbonyl (C=O) groups excluding carboxylic acids is 1. The quantitative estimate of drug-likeness (QED) is 0.543. The molecule has 0 aliphatic carbocycles. The maximum absolute atomic E-state index is 12.7. The number of nitrogens with one attached hydrogen (secondary N) is 1. The number of benzene rings is 2. The van der Waals surface area contributed by atoms with Gasteiger partial charge < -0.3 is 14.6 Å². The second-order valence-corrected chi connectivity index (χ2v) is 8.24. The van der Waals surface area contributed by atoms with E-state index in [9.17, 15) is 4.79 Å². The van der Waals surface area contributed by atoms with E-state index in [2.05, 4.69) is 43.4 Å². The normalized spacial score (nSPS) is 15.1. The van der Waals surface area contributed by atoms with Crippen LogP contribution < -0.4 is 10.1 Å². The van der Waals surface area contributed by atoms with Gasteiger partial charge in [0.05, 0.1) is 13.2 Å². The molecule has 2 aromatic carbocycles. The van der Waals surface area contributed by atoms with E-state index in [0.717, 1.165) is 34.4 Å². The van der Waals surface area contributed by atoms with Crippen molar-refractivity contribution in [3.8, 4) is 17.1 Å². The van der Waals surface area contributed by atoms with Gasteiger partial charge in [-0.05, 0) is 55.8 Å². The SMILES string of the molecule is COc1ccc([C@H](CNC(=O)c2cc(-c3ccc(Br)cc3)on2)N2CCCC2)cc1. The van der Waals surface area contributed by atoms with Gasteiger partial charge in [0, 0.05) is 22.6 Å². The molecule has 1 aliphatic heterocycles. The first-order valence-corrected chi connectivity index (χ1v) is 10.8. The van der Waals surface area contributed by atoms with E-state index in [4.69, 9.17) is 9.26 Å². The average Bonchev–Trinajstić information content (AvgIpc) is 3.47. The third kappa shape index (κ3) is 4.74. The number of hydrogen-bond acceptors (Lipinski definition) is 5. The molecule has 1 aromatic heterocycles. The number of carbonyl (C=O) groups is 1. The lowest BCUT2D eigenvalue weighted by molar-refractivity contribution is 0.0929. The van der Waals surface area contributed by atoms with Crippen molar-refractivity contribution in [2.45, 2.75) is 18.9 Å². The van der Waals surface area contributed by atoms with Crippen LogP contribution in [-0.4, -0.2) is 42.7 Å². The fourth-order valence-corrected chi connectivity index (χ4v) is 4.01. The zero-order valence-electron chi connectivity index (χ0n) is 16.8. The number of aromatic nitrogens is 1. The summed E-state index contributed by atoms with van der Waals surface area (Å²) >= 11 is 3.41. The second-order valence-electron chi connectivity index (χ2n) is 7.33. The number of halogens is 1. The molecular formula is C23H24BrN3O3. The van der Waals surface area contributed by atoms with Crippen LogP contribution in [0.25, 0.3) is 11.3 Å². The molecule has 0 radical (unpaired) electrons. The van der Waals surface area contributed by atoms with Crippen molar-refractivity contribution in [2.75, 3.05) is 26.7 Å². The Morgan fingerprint density at radius 3 is 2.53 bits per heavy atom. The molecule has 1 N–H and O–H groups in total. The lowest BCUT2D eigenvalue weighted by Gasteiger charge is -2.28. The van der Waals surface area contributed by atoms with Crippen molar-refractivity contribution < 1.29 is 14.1 Å². The highest BCUT2D eigenvalue weighted by molar-refractivity contribution is 9.10. The highest BCUT2D eigenvalue weighted by atomic mass is 79.9. The number of hydrogen-bond donors (Lipinski definition) is 1. The molecule has 1 saturated heterocycles.